The van der Waals surface area contributed by atoms with E-state index in [4.69, 9.17) is 17.3 Å². The number of hydrogen-bond acceptors (Lipinski definition) is 1. The van der Waals surface area contributed by atoms with Crippen molar-refractivity contribution in [3.05, 3.63) is 68.3 Å². The van der Waals surface area contributed by atoms with Gasteiger partial charge in [-0.2, -0.15) is 0 Å². The molecule has 0 aliphatic rings. The van der Waals surface area contributed by atoms with Crippen LogP contribution in [0.3, 0.4) is 0 Å². The van der Waals surface area contributed by atoms with Crippen LogP contribution < -0.4 is 5.73 Å². The summed E-state index contributed by atoms with van der Waals surface area (Å²) in [5.41, 5.74) is 8.66. The molecule has 18 heavy (non-hydrogen) atoms. The van der Waals surface area contributed by atoms with Gasteiger partial charge in [-0.3, -0.25) is 0 Å². The minimum atomic E-state index is 0.128. The predicted molar refractivity (Wildman–Crippen MR) is 86.0 cm³/mol. The number of benzene rings is 2. The summed E-state index contributed by atoms with van der Waals surface area (Å²) < 4.78 is 1.25. The molecule has 0 spiro atoms. The number of nitrogens with two attached hydrogens (primary N) is 1. The minimum absolute atomic E-state index is 0.128. The molecular weight excluding hydrogens is 357 g/mol. The molecule has 0 fully saturated rings. The molecule has 2 aromatic rings. The number of rotatable bonds is 4. The molecule has 0 aromatic heterocycles. The summed E-state index contributed by atoms with van der Waals surface area (Å²) in [7, 11) is 0. The summed E-state index contributed by atoms with van der Waals surface area (Å²) in [6, 6.07) is 16.5. The standard InChI is InChI=1S/C15H15ClIN/c16-13-3-1-2-12(8-13)10-15(18)9-11-4-6-14(17)7-5-11/h1-8,15H,9-10,18H2. The molecule has 2 N–H and O–H groups in total. The van der Waals surface area contributed by atoms with Gasteiger partial charge in [0.15, 0.2) is 0 Å². The molecule has 3 heteroatoms. The summed E-state index contributed by atoms with van der Waals surface area (Å²) in [6.45, 7) is 0. The highest BCUT2D eigenvalue weighted by molar-refractivity contribution is 14.1. The van der Waals surface area contributed by atoms with E-state index in [-0.39, 0.29) is 6.04 Å². The second kappa shape index (κ2) is 6.55. The minimum Gasteiger partial charge on any atom is -0.327 e. The molecular formula is C15H15ClIN. The van der Waals surface area contributed by atoms with Crippen LogP contribution in [0.5, 0.6) is 0 Å². The molecule has 2 aromatic carbocycles. The molecule has 1 atom stereocenters. The molecule has 0 bridgehead atoms. The fraction of sp³-hybridized carbons (Fsp3) is 0.200. The normalized spacial score (nSPS) is 12.4. The fourth-order valence-electron chi connectivity index (χ4n) is 1.96. The van der Waals surface area contributed by atoms with E-state index in [1.165, 1.54) is 14.7 Å². The Bertz CT molecular complexity index is 510. The lowest BCUT2D eigenvalue weighted by atomic mass is 10.00. The smallest absolute Gasteiger partial charge is 0.0408 e. The molecule has 0 amide bonds. The average molecular weight is 372 g/mol. The monoisotopic (exact) mass is 371 g/mol. The fourth-order valence-corrected chi connectivity index (χ4v) is 2.53. The van der Waals surface area contributed by atoms with Crippen LogP contribution in [0.15, 0.2) is 48.5 Å². The Kier molecular flexibility index (Phi) is 5.03. The van der Waals surface area contributed by atoms with Crippen LogP contribution in [-0.4, -0.2) is 6.04 Å². The Balaban J connectivity index is 1.96. The van der Waals surface area contributed by atoms with Crippen LogP contribution in [0.1, 0.15) is 11.1 Å². The van der Waals surface area contributed by atoms with Gasteiger partial charge in [-0.15, -0.1) is 0 Å². The zero-order valence-corrected chi connectivity index (χ0v) is 12.9. The first-order chi connectivity index (χ1) is 8.63. The van der Waals surface area contributed by atoms with E-state index in [2.05, 4.69) is 52.9 Å². The van der Waals surface area contributed by atoms with E-state index in [0.29, 0.717) is 0 Å². The van der Waals surface area contributed by atoms with Gasteiger partial charge in [0.2, 0.25) is 0 Å². The molecule has 0 aliphatic heterocycles. The third-order valence-corrected chi connectivity index (χ3v) is 3.75. The van der Waals surface area contributed by atoms with Crippen LogP contribution >= 0.6 is 34.2 Å². The van der Waals surface area contributed by atoms with Crippen molar-refractivity contribution in [2.45, 2.75) is 18.9 Å². The molecule has 0 radical (unpaired) electrons. The largest absolute Gasteiger partial charge is 0.327 e. The Morgan fingerprint density at radius 1 is 1.00 bits per heavy atom. The highest BCUT2D eigenvalue weighted by atomic mass is 127. The molecule has 0 saturated heterocycles. The molecule has 94 valence electrons. The Morgan fingerprint density at radius 3 is 2.33 bits per heavy atom. The van der Waals surface area contributed by atoms with E-state index in [0.717, 1.165) is 17.9 Å². The predicted octanol–water partition coefficient (Wildman–Crippen LogP) is 4.06. The van der Waals surface area contributed by atoms with E-state index in [9.17, 15) is 0 Å². The van der Waals surface area contributed by atoms with Crippen LogP contribution in [0.2, 0.25) is 5.02 Å². The Hall–Kier alpha value is -0.580. The summed E-state index contributed by atoms with van der Waals surface area (Å²) in [4.78, 5) is 0. The highest BCUT2D eigenvalue weighted by Gasteiger charge is 2.06. The van der Waals surface area contributed by atoms with Gasteiger partial charge in [0, 0.05) is 14.6 Å². The van der Waals surface area contributed by atoms with Crippen molar-refractivity contribution in [3.8, 4) is 0 Å². The number of halogens is 2. The first kappa shape index (κ1) is 13.8. The van der Waals surface area contributed by atoms with Gasteiger partial charge >= 0.3 is 0 Å². The maximum atomic E-state index is 6.18. The summed E-state index contributed by atoms with van der Waals surface area (Å²) in [5, 5.41) is 0.772. The molecule has 0 saturated carbocycles. The Morgan fingerprint density at radius 2 is 1.67 bits per heavy atom. The molecule has 1 unspecified atom stereocenters. The van der Waals surface area contributed by atoms with Gasteiger partial charge in [-0.25, -0.2) is 0 Å². The van der Waals surface area contributed by atoms with Gasteiger partial charge in [0.1, 0.15) is 0 Å². The quantitative estimate of drug-likeness (QED) is 0.806. The van der Waals surface area contributed by atoms with Gasteiger partial charge in [-0.1, -0.05) is 35.9 Å². The molecule has 2 rings (SSSR count). The summed E-state index contributed by atoms with van der Waals surface area (Å²) >= 11 is 8.27. The Labute approximate surface area is 126 Å². The van der Waals surface area contributed by atoms with Gasteiger partial charge in [-0.05, 0) is 70.8 Å². The van der Waals surface area contributed by atoms with Crippen LogP contribution in [0, 0.1) is 3.57 Å². The van der Waals surface area contributed by atoms with Crippen molar-refractivity contribution in [2.24, 2.45) is 5.73 Å². The second-order valence-corrected chi connectivity index (χ2v) is 6.11. The zero-order chi connectivity index (χ0) is 13.0. The number of hydrogen-bond donors (Lipinski definition) is 1. The summed E-state index contributed by atoms with van der Waals surface area (Å²) in [5.74, 6) is 0. The molecule has 1 nitrogen and oxygen atoms in total. The molecule has 0 heterocycles. The van der Waals surface area contributed by atoms with Gasteiger partial charge in [0.25, 0.3) is 0 Å². The van der Waals surface area contributed by atoms with E-state index in [1.54, 1.807) is 0 Å². The maximum Gasteiger partial charge on any atom is 0.0408 e. The third-order valence-electron chi connectivity index (χ3n) is 2.80. The van der Waals surface area contributed by atoms with E-state index < -0.39 is 0 Å². The SMILES string of the molecule is NC(Cc1ccc(I)cc1)Cc1cccc(Cl)c1. The van der Waals surface area contributed by atoms with E-state index >= 15 is 0 Å². The summed E-state index contributed by atoms with van der Waals surface area (Å²) in [6.07, 6.45) is 1.75. The third kappa shape index (κ3) is 4.26. The first-order valence-electron chi connectivity index (χ1n) is 5.88. The van der Waals surface area contributed by atoms with Crippen molar-refractivity contribution in [1.82, 2.24) is 0 Å². The topological polar surface area (TPSA) is 26.0 Å². The van der Waals surface area contributed by atoms with Crippen molar-refractivity contribution >= 4 is 34.2 Å². The van der Waals surface area contributed by atoms with Crippen LogP contribution in [0.25, 0.3) is 0 Å². The van der Waals surface area contributed by atoms with Crippen LogP contribution in [0.4, 0.5) is 0 Å². The van der Waals surface area contributed by atoms with Crippen molar-refractivity contribution in [2.75, 3.05) is 0 Å². The lowest BCUT2D eigenvalue weighted by Gasteiger charge is -2.12. The highest BCUT2D eigenvalue weighted by Crippen LogP contribution is 2.14. The van der Waals surface area contributed by atoms with Crippen molar-refractivity contribution in [3.63, 3.8) is 0 Å². The first-order valence-corrected chi connectivity index (χ1v) is 7.33. The average Bonchev–Trinajstić information content (AvgIpc) is 2.32. The molecule has 0 aliphatic carbocycles. The maximum absolute atomic E-state index is 6.18. The van der Waals surface area contributed by atoms with Crippen LogP contribution in [-0.2, 0) is 12.8 Å². The lowest BCUT2D eigenvalue weighted by molar-refractivity contribution is 0.665. The van der Waals surface area contributed by atoms with E-state index in [1.807, 2.05) is 18.2 Å². The van der Waals surface area contributed by atoms with Crippen molar-refractivity contribution < 1.29 is 0 Å². The lowest BCUT2D eigenvalue weighted by Crippen LogP contribution is -2.25. The van der Waals surface area contributed by atoms with Gasteiger partial charge < -0.3 is 5.73 Å². The van der Waals surface area contributed by atoms with Gasteiger partial charge in [0.05, 0.1) is 0 Å². The zero-order valence-electron chi connectivity index (χ0n) is 9.94. The second-order valence-electron chi connectivity index (χ2n) is 4.42. The van der Waals surface area contributed by atoms with Crippen molar-refractivity contribution in [1.29, 1.82) is 0 Å².